The summed E-state index contributed by atoms with van der Waals surface area (Å²) in [6, 6.07) is 3.56. The molecule has 2 heteroatoms. The molecule has 0 aliphatic carbocycles. The minimum absolute atomic E-state index is 0.495. The Labute approximate surface area is 37.7 Å². The number of rotatable bonds is 0. The third-order valence-electron chi connectivity index (χ3n) is 0.582. The van der Waals surface area contributed by atoms with Gasteiger partial charge in [0.1, 0.15) is 5.48 Å². The SMILES string of the molecule is Oc1ccc[pH]1. The van der Waals surface area contributed by atoms with Gasteiger partial charge in [0.25, 0.3) is 0 Å². The van der Waals surface area contributed by atoms with Gasteiger partial charge in [-0.15, -0.1) is 0 Å². The van der Waals surface area contributed by atoms with Crippen molar-refractivity contribution >= 4 is 8.19 Å². The van der Waals surface area contributed by atoms with Crippen molar-refractivity contribution in [2.24, 2.45) is 0 Å². The Morgan fingerprint density at radius 2 is 2.50 bits per heavy atom. The van der Waals surface area contributed by atoms with E-state index in [0.717, 1.165) is 0 Å². The van der Waals surface area contributed by atoms with Crippen LogP contribution in [-0.4, -0.2) is 5.11 Å². The molecule has 32 valence electrons. The van der Waals surface area contributed by atoms with Crippen LogP contribution in [0.15, 0.2) is 17.9 Å². The molecule has 0 fully saturated rings. The highest BCUT2D eigenvalue weighted by molar-refractivity contribution is 7.31. The smallest absolute Gasteiger partial charge is 0.130 e. The summed E-state index contributed by atoms with van der Waals surface area (Å²) in [6.07, 6.45) is 0. The highest BCUT2D eigenvalue weighted by Crippen LogP contribution is 2.20. The first-order valence-electron chi connectivity index (χ1n) is 1.72. The van der Waals surface area contributed by atoms with E-state index < -0.39 is 0 Å². The minimum Gasteiger partial charge on any atom is -0.505 e. The van der Waals surface area contributed by atoms with E-state index in [1.807, 2.05) is 11.9 Å². The Hall–Kier alpha value is -0.420. The topological polar surface area (TPSA) is 20.2 Å². The van der Waals surface area contributed by atoms with Crippen LogP contribution in [0.25, 0.3) is 0 Å². The lowest BCUT2D eigenvalue weighted by Gasteiger charge is -1.69. The molecule has 1 unspecified atom stereocenters. The highest BCUT2D eigenvalue weighted by Gasteiger charge is 1.76. The van der Waals surface area contributed by atoms with E-state index in [2.05, 4.69) is 0 Å². The van der Waals surface area contributed by atoms with Gasteiger partial charge in [0, 0.05) is 0 Å². The second-order valence-corrected chi connectivity index (χ2v) is 2.19. The maximum absolute atomic E-state index is 8.54. The van der Waals surface area contributed by atoms with Crippen molar-refractivity contribution in [3.8, 4) is 5.48 Å². The first kappa shape index (κ1) is 3.76. The summed E-state index contributed by atoms with van der Waals surface area (Å²) in [7, 11) is 0.519. The van der Waals surface area contributed by atoms with E-state index in [1.54, 1.807) is 6.07 Å². The van der Waals surface area contributed by atoms with Crippen LogP contribution in [0, 0.1) is 0 Å². The number of hydrogen-bond donors (Lipinski definition) is 1. The lowest BCUT2D eigenvalue weighted by atomic mass is 10.7. The first-order chi connectivity index (χ1) is 2.89. The third kappa shape index (κ3) is 0.550. The fourth-order valence-electron chi connectivity index (χ4n) is 0.321. The van der Waals surface area contributed by atoms with Crippen molar-refractivity contribution in [2.75, 3.05) is 0 Å². The zero-order valence-corrected chi connectivity index (χ0v) is 4.18. The van der Waals surface area contributed by atoms with Gasteiger partial charge in [-0.3, -0.25) is 0 Å². The van der Waals surface area contributed by atoms with E-state index >= 15 is 0 Å². The molecule has 0 bridgehead atoms. The second-order valence-electron chi connectivity index (χ2n) is 1.06. The molecule has 0 amide bonds. The van der Waals surface area contributed by atoms with E-state index in [1.165, 1.54) is 0 Å². The van der Waals surface area contributed by atoms with Gasteiger partial charge in [0.05, 0.1) is 0 Å². The van der Waals surface area contributed by atoms with Crippen molar-refractivity contribution in [3.05, 3.63) is 17.9 Å². The van der Waals surface area contributed by atoms with Crippen molar-refractivity contribution in [3.63, 3.8) is 0 Å². The Balaban J connectivity index is 3.05. The summed E-state index contributed by atoms with van der Waals surface area (Å²) in [4.78, 5) is 0. The molecule has 1 aromatic heterocycles. The molecule has 1 nitrogen and oxygen atoms in total. The molecule has 1 N–H and O–H groups in total. The fourth-order valence-corrected chi connectivity index (χ4v) is 0.877. The molecular weight excluding hydrogens is 95.0 g/mol. The quantitative estimate of drug-likeness (QED) is 0.522. The first-order valence-corrected chi connectivity index (χ1v) is 2.79. The van der Waals surface area contributed by atoms with Gasteiger partial charge in [-0.25, -0.2) is 0 Å². The van der Waals surface area contributed by atoms with E-state index in [9.17, 15) is 0 Å². The molecule has 0 spiro atoms. The van der Waals surface area contributed by atoms with Gasteiger partial charge in [0.2, 0.25) is 0 Å². The van der Waals surface area contributed by atoms with E-state index in [0.29, 0.717) is 13.7 Å². The molecule has 0 saturated heterocycles. The van der Waals surface area contributed by atoms with E-state index in [4.69, 9.17) is 5.11 Å². The molecule has 6 heavy (non-hydrogen) atoms. The van der Waals surface area contributed by atoms with Crippen LogP contribution >= 0.6 is 8.19 Å². The maximum Gasteiger partial charge on any atom is 0.130 e. The average molecular weight is 100 g/mol. The molecule has 1 aromatic rings. The van der Waals surface area contributed by atoms with Crippen LogP contribution in [0.2, 0.25) is 0 Å². The molecule has 0 radical (unpaired) electrons. The average Bonchev–Trinajstić information content (AvgIpc) is 1.86. The Morgan fingerprint density at radius 1 is 1.67 bits per heavy atom. The molecular formula is C4H5OP. The Bertz CT molecular complexity index is 111. The molecule has 0 aliphatic rings. The van der Waals surface area contributed by atoms with Gasteiger partial charge in [-0.05, 0) is 11.9 Å². The summed E-state index contributed by atoms with van der Waals surface area (Å²) in [5.41, 5.74) is 0.495. The van der Waals surface area contributed by atoms with Gasteiger partial charge in [-0.1, -0.05) is 14.3 Å². The predicted molar refractivity (Wildman–Crippen MR) is 27.6 cm³/mol. The van der Waals surface area contributed by atoms with Crippen molar-refractivity contribution < 1.29 is 5.11 Å². The van der Waals surface area contributed by atoms with Gasteiger partial charge < -0.3 is 5.11 Å². The standard InChI is InChI=1S/C4H5OP/c5-4-2-1-3-6-4/h1-3,5-6H. The van der Waals surface area contributed by atoms with Crippen molar-refractivity contribution in [2.45, 2.75) is 0 Å². The van der Waals surface area contributed by atoms with Crippen molar-refractivity contribution in [1.29, 1.82) is 0 Å². The summed E-state index contributed by atoms with van der Waals surface area (Å²) < 4.78 is 0. The summed E-state index contributed by atoms with van der Waals surface area (Å²) in [6.45, 7) is 0. The van der Waals surface area contributed by atoms with Crippen molar-refractivity contribution in [1.82, 2.24) is 0 Å². The molecule has 0 saturated carbocycles. The Morgan fingerprint density at radius 3 is 2.67 bits per heavy atom. The predicted octanol–water partition coefficient (Wildman–Crippen LogP) is 1.42. The molecule has 0 aromatic carbocycles. The lowest BCUT2D eigenvalue weighted by Crippen LogP contribution is -1.34. The zero-order chi connectivity index (χ0) is 4.41. The largest absolute Gasteiger partial charge is 0.505 e. The van der Waals surface area contributed by atoms with Crippen LogP contribution < -0.4 is 0 Å². The fraction of sp³-hybridized carbons (Fsp3) is 0. The second kappa shape index (κ2) is 1.36. The van der Waals surface area contributed by atoms with Crippen LogP contribution in [-0.2, 0) is 0 Å². The summed E-state index contributed by atoms with van der Waals surface area (Å²) in [5.74, 6) is 1.94. The Kier molecular flexibility index (Phi) is 0.849. The minimum atomic E-state index is 0.495. The van der Waals surface area contributed by atoms with Crippen LogP contribution in [0.4, 0.5) is 0 Å². The van der Waals surface area contributed by atoms with E-state index in [-0.39, 0.29) is 0 Å². The molecule has 0 aliphatic heterocycles. The normalized spacial score (nSPS) is 10.0. The zero-order valence-electron chi connectivity index (χ0n) is 3.18. The maximum atomic E-state index is 8.54. The highest BCUT2D eigenvalue weighted by atomic mass is 31.0. The number of aromatic hydroxyl groups is 1. The molecule has 1 atom stereocenters. The number of hydrogen-bond acceptors (Lipinski definition) is 1. The van der Waals surface area contributed by atoms with Gasteiger partial charge in [-0.2, -0.15) is 0 Å². The van der Waals surface area contributed by atoms with Crippen LogP contribution in [0.3, 0.4) is 0 Å². The van der Waals surface area contributed by atoms with Crippen LogP contribution in [0.1, 0.15) is 0 Å². The molecule has 1 rings (SSSR count). The van der Waals surface area contributed by atoms with Crippen LogP contribution in [0.5, 0.6) is 5.48 Å². The lowest BCUT2D eigenvalue weighted by molar-refractivity contribution is 0.491. The van der Waals surface area contributed by atoms with Gasteiger partial charge in [0.15, 0.2) is 0 Å². The van der Waals surface area contributed by atoms with Gasteiger partial charge >= 0.3 is 0 Å². The summed E-state index contributed by atoms with van der Waals surface area (Å²) in [5, 5.41) is 8.54. The molecule has 1 heterocycles. The monoisotopic (exact) mass is 100 g/mol. The third-order valence-corrected chi connectivity index (χ3v) is 1.40. The summed E-state index contributed by atoms with van der Waals surface area (Å²) >= 11 is 0.